The van der Waals surface area contributed by atoms with E-state index in [-0.39, 0.29) is 11.6 Å². The van der Waals surface area contributed by atoms with Gasteiger partial charge in [-0.05, 0) is 42.4 Å². The molecule has 0 spiro atoms. The standard InChI is InChI=1S/C20H21N5O2S/c1-13-7-8-17-15(9-13)10-18(28-17)20(27)23-22-19(26)16-12-25(24-21-16)11-14-5-3-2-4-6-14/h2-6,10,12-13H,7-9,11H2,1H3,(H,22,26)(H,23,27). The van der Waals surface area contributed by atoms with Crippen molar-refractivity contribution in [2.24, 2.45) is 5.92 Å². The summed E-state index contributed by atoms with van der Waals surface area (Å²) in [6.45, 7) is 2.75. The number of carbonyl (C=O) groups excluding carboxylic acids is 2. The van der Waals surface area contributed by atoms with Gasteiger partial charge in [-0.25, -0.2) is 4.68 Å². The largest absolute Gasteiger partial charge is 0.291 e. The Morgan fingerprint density at radius 3 is 2.82 bits per heavy atom. The van der Waals surface area contributed by atoms with Crippen LogP contribution in [0, 0.1) is 5.92 Å². The predicted molar refractivity (Wildman–Crippen MR) is 106 cm³/mol. The van der Waals surface area contributed by atoms with Crippen molar-refractivity contribution in [2.75, 3.05) is 0 Å². The maximum Gasteiger partial charge on any atom is 0.291 e. The van der Waals surface area contributed by atoms with Crippen molar-refractivity contribution in [2.45, 2.75) is 32.7 Å². The first-order chi connectivity index (χ1) is 13.6. The number of aromatic nitrogens is 3. The number of fused-ring (bicyclic) bond motifs is 1. The molecule has 2 amide bonds. The molecule has 3 aromatic rings. The summed E-state index contributed by atoms with van der Waals surface area (Å²) in [4.78, 5) is 26.5. The van der Waals surface area contributed by atoms with Crippen LogP contribution in [0.5, 0.6) is 0 Å². The average Bonchev–Trinajstić information content (AvgIpc) is 3.33. The number of hydrogen-bond donors (Lipinski definition) is 2. The lowest BCUT2D eigenvalue weighted by atomic mass is 9.90. The van der Waals surface area contributed by atoms with Crippen molar-refractivity contribution in [3.8, 4) is 0 Å². The molecule has 1 aromatic carbocycles. The van der Waals surface area contributed by atoms with Crippen LogP contribution in [-0.2, 0) is 19.4 Å². The third kappa shape index (κ3) is 4.12. The maximum absolute atomic E-state index is 12.4. The molecule has 4 rings (SSSR count). The van der Waals surface area contributed by atoms with Gasteiger partial charge < -0.3 is 0 Å². The van der Waals surface area contributed by atoms with Crippen molar-refractivity contribution in [3.63, 3.8) is 0 Å². The first-order valence-electron chi connectivity index (χ1n) is 9.25. The zero-order valence-corrected chi connectivity index (χ0v) is 16.3. The molecule has 0 saturated heterocycles. The molecule has 1 unspecified atom stereocenters. The number of hydrazine groups is 1. The monoisotopic (exact) mass is 395 g/mol. The lowest BCUT2D eigenvalue weighted by Crippen LogP contribution is -2.41. The Morgan fingerprint density at radius 2 is 2.00 bits per heavy atom. The number of hydrogen-bond acceptors (Lipinski definition) is 5. The lowest BCUT2D eigenvalue weighted by molar-refractivity contribution is 0.0846. The Bertz CT molecular complexity index is 995. The second-order valence-corrected chi connectivity index (χ2v) is 8.24. The number of amides is 2. The Hall–Kier alpha value is -3.00. The third-order valence-corrected chi connectivity index (χ3v) is 6.04. The molecule has 0 radical (unpaired) electrons. The van der Waals surface area contributed by atoms with Crippen LogP contribution < -0.4 is 10.9 Å². The van der Waals surface area contributed by atoms with E-state index >= 15 is 0 Å². The summed E-state index contributed by atoms with van der Waals surface area (Å²) in [6.07, 6.45) is 4.74. The average molecular weight is 395 g/mol. The Balaban J connectivity index is 1.34. The van der Waals surface area contributed by atoms with E-state index in [0.29, 0.717) is 17.3 Å². The number of nitrogens with one attached hydrogen (secondary N) is 2. The second-order valence-electron chi connectivity index (χ2n) is 7.10. The van der Waals surface area contributed by atoms with Crippen LogP contribution in [0.15, 0.2) is 42.6 Å². The molecule has 144 valence electrons. The van der Waals surface area contributed by atoms with E-state index in [1.165, 1.54) is 21.8 Å². The quantitative estimate of drug-likeness (QED) is 0.665. The van der Waals surface area contributed by atoms with E-state index in [4.69, 9.17) is 0 Å². The van der Waals surface area contributed by atoms with Gasteiger partial charge in [0.25, 0.3) is 11.8 Å². The molecular weight excluding hydrogens is 374 g/mol. The zero-order valence-electron chi connectivity index (χ0n) is 15.5. The highest BCUT2D eigenvalue weighted by Crippen LogP contribution is 2.32. The van der Waals surface area contributed by atoms with E-state index in [9.17, 15) is 9.59 Å². The molecule has 1 aliphatic carbocycles. The summed E-state index contributed by atoms with van der Waals surface area (Å²) in [5.41, 5.74) is 7.35. The van der Waals surface area contributed by atoms with Gasteiger partial charge in [-0.2, -0.15) is 0 Å². The molecule has 8 heteroatoms. The zero-order chi connectivity index (χ0) is 19.5. The second kappa shape index (κ2) is 7.93. The van der Waals surface area contributed by atoms with Crippen LogP contribution in [0.1, 0.15) is 49.5 Å². The summed E-state index contributed by atoms with van der Waals surface area (Å²) >= 11 is 1.50. The van der Waals surface area contributed by atoms with Crippen molar-refractivity contribution < 1.29 is 9.59 Å². The first kappa shape index (κ1) is 18.4. The number of thiophene rings is 1. The van der Waals surface area contributed by atoms with Gasteiger partial charge in [0, 0.05) is 4.88 Å². The van der Waals surface area contributed by atoms with Crippen molar-refractivity contribution in [3.05, 3.63) is 69.2 Å². The number of aryl methyl sites for hydroxylation is 1. The van der Waals surface area contributed by atoms with Crippen LogP contribution in [0.25, 0.3) is 0 Å². The van der Waals surface area contributed by atoms with Gasteiger partial charge in [-0.15, -0.1) is 16.4 Å². The van der Waals surface area contributed by atoms with Gasteiger partial charge in [-0.3, -0.25) is 20.4 Å². The fraction of sp³-hybridized carbons (Fsp3) is 0.300. The van der Waals surface area contributed by atoms with E-state index in [2.05, 4.69) is 28.1 Å². The third-order valence-electron chi connectivity index (χ3n) is 4.80. The van der Waals surface area contributed by atoms with Crippen LogP contribution in [0.2, 0.25) is 0 Å². The minimum Gasteiger partial charge on any atom is -0.266 e. The minimum atomic E-state index is -0.498. The first-order valence-corrected chi connectivity index (χ1v) is 10.1. The van der Waals surface area contributed by atoms with Crippen LogP contribution >= 0.6 is 11.3 Å². The molecule has 7 nitrogen and oxygen atoms in total. The fourth-order valence-corrected chi connectivity index (χ4v) is 4.41. The lowest BCUT2D eigenvalue weighted by Gasteiger charge is -2.16. The molecule has 0 aliphatic heterocycles. The molecule has 1 aliphatic rings. The van der Waals surface area contributed by atoms with Gasteiger partial charge in [0.2, 0.25) is 0 Å². The summed E-state index contributed by atoms with van der Waals surface area (Å²) in [7, 11) is 0. The van der Waals surface area contributed by atoms with Gasteiger partial charge in [0.05, 0.1) is 17.6 Å². The van der Waals surface area contributed by atoms with Gasteiger partial charge >= 0.3 is 0 Å². The summed E-state index contributed by atoms with van der Waals surface area (Å²) in [6, 6.07) is 11.7. The molecule has 0 bridgehead atoms. The van der Waals surface area contributed by atoms with E-state index < -0.39 is 5.91 Å². The van der Waals surface area contributed by atoms with Gasteiger partial charge in [0.1, 0.15) is 0 Å². The number of nitrogens with zero attached hydrogens (tertiary/aromatic N) is 3. The van der Waals surface area contributed by atoms with Crippen LogP contribution in [0.4, 0.5) is 0 Å². The topological polar surface area (TPSA) is 88.9 Å². The fourth-order valence-electron chi connectivity index (χ4n) is 3.31. The van der Waals surface area contributed by atoms with Crippen molar-refractivity contribution in [1.82, 2.24) is 25.8 Å². The van der Waals surface area contributed by atoms with E-state index in [1.54, 1.807) is 10.9 Å². The highest BCUT2D eigenvalue weighted by Gasteiger charge is 2.21. The highest BCUT2D eigenvalue weighted by molar-refractivity contribution is 7.14. The molecule has 2 N–H and O–H groups in total. The summed E-state index contributed by atoms with van der Waals surface area (Å²) in [5.74, 6) is -0.157. The predicted octanol–water partition coefficient (Wildman–Crippen LogP) is 2.59. The van der Waals surface area contributed by atoms with Gasteiger partial charge in [-0.1, -0.05) is 42.5 Å². The number of benzene rings is 1. The molecule has 2 aromatic heterocycles. The Kier molecular flexibility index (Phi) is 5.21. The Morgan fingerprint density at radius 1 is 1.21 bits per heavy atom. The maximum atomic E-state index is 12.4. The SMILES string of the molecule is CC1CCc2sc(C(=O)NNC(=O)c3cn(Cc4ccccc4)nn3)cc2C1. The molecule has 0 saturated carbocycles. The molecule has 0 fully saturated rings. The molecule has 28 heavy (non-hydrogen) atoms. The summed E-state index contributed by atoms with van der Waals surface area (Å²) < 4.78 is 1.58. The van der Waals surface area contributed by atoms with E-state index in [0.717, 1.165) is 24.8 Å². The highest BCUT2D eigenvalue weighted by atomic mass is 32.1. The minimum absolute atomic E-state index is 0.149. The van der Waals surface area contributed by atoms with Crippen molar-refractivity contribution in [1.29, 1.82) is 0 Å². The normalized spacial score (nSPS) is 15.7. The smallest absolute Gasteiger partial charge is 0.266 e. The Labute approximate surface area is 166 Å². The summed E-state index contributed by atoms with van der Waals surface area (Å²) in [5, 5.41) is 7.84. The van der Waals surface area contributed by atoms with Gasteiger partial charge in [0.15, 0.2) is 5.69 Å². The number of carbonyl (C=O) groups is 2. The molecule has 1 atom stereocenters. The molecular formula is C20H21N5O2S. The van der Waals surface area contributed by atoms with E-state index in [1.807, 2.05) is 36.4 Å². The number of rotatable bonds is 4. The molecule has 2 heterocycles. The van der Waals surface area contributed by atoms with Crippen LogP contribution in [0.3, 0.4) is 0 Å². The van der Waals surface area contributed by atoms with Crippen molar-refractivity contribution >= 4 is 23.2 Å². The van der Waals surface area contributed by atoms with Crippen LogP contribution in [-0.4, -0.2) is 26.8 Å².